The molecule has 4 aromatic rings. The van der Waals surface area contributed by atoms with Crippen LogP contribution in [0, 0.1) is 0 Å². The van der Waals surface area contributed by atoms with Gasteiger partial charge in [-0.25, -0.2) is 4.79 Å². The van der Waals surface area contributed by atoms with Gasteiger partial charge in [0.2, 0.25) is 0 Å². The van der Waals surface area contributed by atoms with Crippen molar-refractivity contribution in [2.45, 2.75) is 25.4 Å². The van der Waals surface area contributed by atoms with Gasteiger partial charge in [0.15, 0.2) is 0 Å². The average molecular weight is 461 g/mol. The number of carboxylic acid groups (broad SMARTS) is 1. The SMILES string of the molecule is CCN1C(c2ccccc2-c2cccc(C(=O)O)c2)=NC(C)(c2ccccc2)C1c1ccccc1. The minimum absolute atomic E-state index is 0.0181. The van der Waals surface area contributed by atoms with Gasteiger partial charge >= 0.3 is 5.97 Å². The molecule has 1 aliphatic rings. The molecule has 1 N–H and O–H groups in total. The molecule has 0 amide bonds. The Morgan fingerprint density at radius 1 is 0.857 bits per heavy atom. The van der Waals surface area contributed by atoms with E-state index >= 15 is 0 Å². The van der Waals surface area contributed by atoms with Crippen LogP contribution < -0.4 is 0 Å². The van der Waals surface area contributed by atoms with Gasteiger partial charge < -0.3 is 10.0 Å². The summed E-state index contributed by atoms with van der Waals surface area (Å²) in [6, 6.07) is 36.3. The van der Waals surface area contributed by atoms with Crippen molar-refractivity contribution in [3.8, 4) is 11.1 Å². The van der Waals surface area contributed by atoms with Crippen LogP contribution in [-0.4, -0.2) is 28.4 Å². The van der Waals surface area contributed by atoms with Crippen molar-refractivity contribution < 1.29 is 9.90 Å². The highest BCUT2D eigenvalue weighted by Gasteiger charge is 2.47. The third-order valence-corrected chi connectivity index (χ3v) is 6.86. The smallest absolute Gasteiger partial charge is 0.335 e. The summed E-state index contributed by atoms with van der Waals surface area (Å²) in [6.45, 7) is 5.16. The van der Waals surface area contributed by atoms with Crippen LogP contribution in [0.1, 0.15) is 46.9 Å². The summed E-state index contributed by atoms with van der Waals surface area (Å²) in [5, 5.41) is 9.54. The number of rotatable bonds is 6. The van der Waals surface area contributed by atoms with Gasteiger partial charge in [0.1, 0.15) is 11.4 Å². The number of amidine groups is 1. The highest BCUT2D eigenvalue weighted by atomic mass is 16.4. The largest absolute Gasteiger partial charge is 0.478 e. The predicted octanol–water partition coefficient (Wildman–Crippen LogP) is 6.79. The zero-order valence-corrected chi connectivity index (χ0v) is 19.9. The Hall–Kier alpha value is -4.18. The fraction of sp³-hybridized carbons (Fsp3) is 0.161. The molecule has 0 bridgehead atoms. The van der Waals surface area contributed by atoms with Crippen molar-refractivity contribution in [3.05, 3.63) is 131 Å². The Balaban J connectivity index is 1.72. The highest BCUT2D eigenvalue weighted by Crippen LogP contribution is 2.48. The first kappa shape index (κ1) is 22.6. The van der Waals surface area contributed by atoms with Gasteiger partial charge in [-0.15, -0.1) is 0 Å². The number of aromatic carboxylic acids is 1. The molecule has 1 heterocycles. The molecule has 2 unspecified atom stereocenters. The molecule has 0 spiro atoms. The van der Waals surface area contributed by atoms with E-state index < -0.39 is 11.5 Å². The summed E-state index contributed by atoms with van der Waals surface area (Å²) in [6.07, 6.45) is 0. The summed E-state index contributed by atoms with van der Waals surface area (Å²) in [7, 11) is 0. The van der Waals surface area contributed by atoms with Crippen molar-refractivity contribution in [2.24, 2.45) is 4.99 Å². The Labute approximate surface area is 206 Å². The number of hydrogen-bond donors (Lipinski definition) is 1. The highest BCUT2D eigenvalue weighted by molar-refractivity contribution is 6.06. The van der Waals surface area contributed by atoms with Crippen molar-refractivity contribution in [1.82, 2.24) is 4.90 Å². The minimum atomic E-state index is -0.932. The molecule has 0 saturated carbocycles. The lowest BCUT2D eigenvalue weighted by Crippen LogP contribution is -2.37. The second-order valence-electron chi connectivity index (χ2n) is 8.98. The van der Waals surface area contributed by atoms with E-state index in [1.807, 2.05) is 36.4 Å². The molecule has 0 aliphatic carbocycles. The molecule has 5 rings (SSSR count). The molecule has 0 aromatic heterocycles. The maximum Gasteiger partial charge on any atom is 0.335 e. The Morgan fingerprint density at radius 2 is 1.49 bits per heavy atom. The number of likely N-dealkylation sites (N-methyl/N-ethyl adjacent to an activating group) is 1. The summed E-state index contributed by atoms with van der Waals surface area (Å²) in [4.78, 5) is 19.5. The molecule has 0 radical (unpaired) electrons. The first-order valence-electron chi connectivity index (χ1n) is 11.9. The van der Waals surface area contributed by atoms with Gasteiger partial charge in [-0.3, -0.25) is 4.99 Å². The van der Waals surface area contributed by atoms with E-state index in [1.54, 1.807) is 18.2 Å². The lowest BCUT2D eigenvalue weighted by atomic mass is 9.81. The molecule has 0 saturated heterocycles. The van der Waals surface area contributed by atoms with E-state index in [0.29, 0.717) is 0 Å². The second-order valence-corrected chi connectivity index (χ2v) is 8.98. The predicted molar refractivity (Wildman–Crippen MR) is 141 cm³/mol. The molecule has 35 heavy (non-hydrogen) atoms. The first-order chi connectivity index (χ1) is 17.0. The van der Waals surface area contributed by atoms with Crippen LogP contribution in [0.4, 0.5) is 0 Å². The lowest BCUT2D eigenvalue weighted by molar-refractivity contribution is 0.0697. The molecule has 4 nitrogen and oxygen atoms in total. The standard InChI is InChI=1S/C31H28N2O2/c1-3-33-28(22-13-6-4-7-14-22)31(2,25-17-8-5-9-18-25)32-29(33)27-20-11-10-19-26(27)23-15-12-16-24(21-23)30(34)35/h4-21,28H,3H2,1-2H3,(H,34,35). The Morgan fingerprint density at radius 3 is 2.14 bits per heavy atom. The van der Waals surface area contributed by atoms with E-state index in [1.165, 1.54) is 5.56 Å². The quantitative estimate of drug-likeness (QED) is 0.345. The van der Waals surface area contributed by atoms with E-state index in [0.717, 1.165) is 34.6 Å². The number of hydrogen-bond acceptors (Lipinski definition) is 3. The average Bonchev–Trinajstić information content (AvgIpc) is 3.23. The third-order valence-electron chi connectivity index (χ3n) is 6.86. The van der Waals surface area contributed by atoms with Crippen molar-refractivity contribution in [2.75, 3.05) is 6.54 Å². The molecule has 0 fully saturated rings. The number of aliphatic imine (C=N–C) groups is 1. The molecular formula is C31H28N2O2. The summed E-state index contributed by atoms with van der Waals surface area (Å²) >= 11 is 0. The van der Waals surface area contributed by atoms with E-state index in [4.69, 9.17) is 4.99 Å². The maximum atomic E-state index is 11.6. The number of nitrogens with zero attached hydrogens (tertiary/aromatic N) is 2. The molecule has 1 aliphatic heterocycles. The summed E-state index contributed by atoms with van der Waals surface area (Å²) in [5.41, 5.74) is 4.98. The number of carbonyl (C=O) groups is 1. The van der Waals surface area contributed by atoms with E-state index in [2.05, 4.69) is 73.3 Å². The normalized spacial score (nSPS) is 19.4. The van der Waals surface area contributed by atoms with Crippen molar-refractivity contribution in [3.63, 3.8) is 0 Å². The van der Waals surface area contributed by atoms with Crippen LogP contribution >= 0.6 is 0 Å². The maximum absolute atomic E-state index is 11.6. The molecular weight excluding hydrogens is 432 g/mol. The van der Waals surface area contributed by atoms with Crippen molar-refractivity contribution >= 4 is 11.8 Å². The van der Waals surface area contributed by atoms with Gasteiger partial charge in [-0.05, 0) is 48.2 Å². The van der Waals surface area contributed by atoms with Crippen molar-refractivity contribution in [1.29, 1.82) is 0 Å². The van der Waals surface area contributed by atoms with Crippen LogP contribution in [0.2, 0.25) is 0 Å². The van der Waals surface area contributed by atoms with Crippen LogP contribution in [0.25, 0.3) is 11.1 Å². The zero-order chi connectivity index (χ0) is 24.4. The zero-order valence-electron chi connectivity index (χ0n) is 19.9. The topological polar surface area (TPSA) is 52.9 Å². The first-order valence-corrected chi connectivity index (χ1v) is 11.9. The van der Waals surface area contributed by atoms with Gasteiger partial charge in [-0.2, -0.15) is 0 Å². The van der Waals surface area contributed by atoms with E-state index in [-0.39, 0.29) is 11.6 Å². The summed E-state index contributed by atoms with van der Waals surface area (Å²) < 4.78 is 0. The molecule has 174 valence electrons. The molecule has 4 heteroatoms. The van der Waals surface area contributed by atoms with Gasteiger partial charge in [0.05, 0.1) is 11.6 Å². The van der Waals surface area contributed by atoms with Crippen LogP contribution in [0.3, 0.4) is 0 Å². The monoisotopic (exact) mass is 460 g/mol. The summed E-state index contributed by atoms with van der Waals surface area (Å²) in [5.74, 6) is -0.0115. The van der Waals surface area contributed by atoms with Crippen LogP contribution in [-0.2, 0) is 5.54 Å². The molecule has 2 atom stereocenters. The number of benzene rings is 4. The Bertz CT molecular complexity index is 1380. The van der Waals surface area contributed by atoms with Gasteiger partial charge in [0, 0.05) is 12.1 Å². The van der Waals surface area contributed by atoms with Gasteiger partial charge in [-0.1, -0.05) is 97.1 Å². The van der Waals surface area contributed by atoms with Crippen LogP contribution in [0.15, 0.2) is 114 Å². The third kappa shape index (κ3) is 4.01. The lowest BCUT2D eigenvalue weighted by Gasteiger charge is -2.36. The van der Waals surface area contributed by atoms with E-state index in [9.17, 15) is 9.90 Å². The number of carboxylic acids is 1. The fourth-order valence-corrected chi connectivity index (χ4v) is 5.21. The second kappa shape index (κ2) is 9.22. The minimum Gasteiger partial charge on any atom is -0.478 e. The Kier molecular flexibility index (Phi) is 5.96. The fourth-order valence-electron chi connectivity index (χ4n) is 5.21. The van der Waals surface area contributed by atoms with Crippen LogP contribution in [0.5, 0.6) is 0 Å². The molecule has 4 aromatic carbocycles. The van der Waals surface area contributed by atoms with Gasteiger partial charge in [0.25, 0.3) is 0 Å².